The van der Waals surface area contributed by atoms with Crippen molar-refractivity contribution in [3.63, 3.8) is 0 Å². The second-order valence-electron chi connectivity index (χ2n) is 7.02. The molecule has 32 heavy (non-hydrogen) atoms. The fourth-order valence-electron chi connectivity index (χ4n) is 3.37. The second-order valence-corrected chi connectivity index (χ2v) is 8.49. The molecule has 5 rings (SSSR count). The third-order valence-electron chi connectivity index (χ3n) is 4.88. The number of amides is 1. The molecule has 3 N–H and O–H groups in total. The summed E-state index contributed by atoms with van der Waals surface area (Å²) >= 11 is 7.64. The van der Waals surface area contributed by atoms with Crippen LogP contribution in [0.2, 0.25) is 5.02 Å². The van der Waals surface area contributed by atoms with Gasteiger partial charge < -0.3 is 11.1 Å². The number of aromatic nitrogens is 3. The van der Waals surface area contributed by atoms with Gasteiger partial charge in [-0.3, -0.25) is 4.79 Å². The van der Waals surface area contributed by atoms with E-state index in [1.165, 1.54) is 4.68 Å². The molecule has 5 aromatic rings. The largest absolute Gasteiger partial charge is 0.383 e. The van der Waals surface area contributed by atoms with Gasteiger partial charge in [0.25, 0.3) is 5.91 Å². The lowest BCUT2D eigenvalue weighted by molar-refractivity contribution is 0.0953. The quantitative estimate of drug-likeness (QED) is 0.371. The Hall–Kier alpha value is -3.75. The topological polar surface area (TPSA) is 98.2 Å². The van der Waals surface area contributed by atoms with Gasteiger partial charge in [-0.15, -0.1) is 11.3 Å². The van der Waals surface area contributed by atoms with Gasteiger partial charge in [-0.25, -0.2) is 9.97 Å². The molecule has 0 bridgehead atoms. The maximum Gasteiger partial charge on any atom is 0.257 e. The molecule has 2 aromatic carbocycles. The van der Waals surface area contributed by atoms with Gasteiger partial charge in [0, 0.05) is 9.90 Å². The van der Waals surface area contributed by atoms with Crippen molar-refractivity contribution in [2.75, 3.05) is 5.73 Å². The van der Waals surface area contributed by atoms with Gasteiger partial charge >= 0.3 is 0 Å². The molecule has 0 spiro atoms. The zero-order chi connectivity index (χ0) is 22.1. The molecule has 0 radical (unpaired) electrons. The number of para-hydroxylation sites is 2. The van der Waals surface area contributed by atoms with E-state index in [0.29, 0.717) is 33.8 Å². The molecule has 0 aliphatic carbocycles. The fraction of sp³-hybridized carbons (Fsp3) is 0.0435. The number of nitrogen functional groups attached to an aromatic ring is 1. The lowest BCUT2D eigenvalue weighted by atomic mass is 10.2. The van der Waals surface area contributed by atoms with Crippen LogP contribution in [0, 0.1) is 0 Å². The molecule has 1 amide bonds. The Balaban J connectivity index is 1.62. The van der Waals surface area contributed by atoms with E-state index in [-0.39, 0.29) is 17.3 Å². The molecule has 0 aliphatic heterocycles. The monoisotopic (exact) mass is 460 g/mol. The van der Waals surface area contributed by atoms with E-state index in [0.717, 1.165) is 10.4 Å². The number of carbonyl (C=O) groups excluding carboxylic acids is 1. The van der Waals surface area contributed by atoms with E-state index in [4.69, 9.17) is 17.3 Å². The lowest BCUT2D eigenvalue weighted by Gasteiger charge is -2.04. The summed E-state index contributed by atoms with van der Waals surface area (Å²) < 4.78 is 1.44. The Morgan fingerprint density at radius 1 is 1.12 bits per heavy atom. The predicted octanol–water partition coefficient (Wildman–Crippen LogP) is 4.69. The van der Waals surface area contributed by atoms with E-state index in [1.54, 1.807) is 29.7 Å². The zero-order valence-corrected chi connectivity index (χ0v) is 18.3. The standard InChI is InChI=1S/C23H17ClN6OS/c24-15-6-3-5-14(11-15)12-27-30-21(25)19(23(31)26-13-16-7-4-10-32-16)20-22(30)29-18-9-2-1-8-17(18)28-20/h1-12H,13,25H2,(H,26,31). The third-order valence-corrected chi connectivity index (χ3v) is 5.99. The van der Waals surface area contributed by atoms with Crippen molar-refractivity contribution in [1.82, 2.24) is 20.0 Å². The maximum absolute atomic E-state index is 13.1. The van der Waals surface area contributed by atoms with Crippen LogP contribution >= 0.6 is 22.9 Å². The van der Waals surface area contributed by atoms with Crippen LogP contribution < -0.4 is 11.1 Å². The number of benzene rings is 2. The fourth-order valence-corrected chi connectivity index (χ4v) is 4.21. The van der Waals surface area contributed by atoms with Crippen molar-refractivity contribution in [3.05, 3.63) is 87.1 Å². The van der Waals surface area contributed by atoms with Gasteiger partial charge in [0.2, 0.25) is 0 Å². The first-order valence-corrected chi connectivity index (χ1v) is 11.0. The van der Waals surface area contributed by atoms with Gasteiger partial charge in [-0.2, -0.15) is 9.78 Å². The van der Waals surface area contributed by atoms with Gasteiger partial charge in [0.1, 0.15) is 16.9 Å². The Bertz CT molecular complexity index is 1480. The van der Waals surface area contributed by atoms with Crippen LogP contribution in [0.25, 0.3) is 22.2 Å². The average molecular weight is 461 g/mol. The van der Waals surface area contributed by atoms with Crippen molar-refractivity contribution < 1.29 is 4.79 Å². The van der Waals surface area contributed by atoms with Gasteiger partial charge in [0.15, 0.2) is 5.65 Å². The zero-order valence-electron chi connectivity index (χ0n) is 16.7. The second kappa shape index (κ2) is 8.41. The Kier molecular flexibility index (Phi) is 5.30. The smallest absolute Gasteiger partial charge is 0.257 e. The third kappa shape index (κ3) is 3.81. The van der Waals surface area contributed by atoms with Crippen molar-refractivity contribution in [1.29, 1.82) is 0 Å². The molecular formula is C23H17ClN6OS. The van der Waals surface area contributed by atoms with Gasteiger partial charge in [-0.05, 0) is 41.3 Å². The molecule has 7 nitrogen and oxygen atoms in total. The number of rotatable bonds is 5. The Labute approximate surface area is 192 Å². The minimum atomic E-state index is -0.331. The number of nitrogens with two attached hydrogens (primary N) is 1. The Morgan fingerprint density at radius 2 is 1.94 bits per heavy atom. The van der Waals surface area contributed by atoms with Crippen LogP contribution in [-0.2, 0) is 6.54 Å². The van der Waals surface area contributed by atoms with Crippen LogP contribution in [0.4, 0.5) is 5.82 Å². The van der Waals surface area contributed by atoms with E-state index < -0.39 is 0 Å². The summed E-state index contributed by atoms with van der Waals surface area (Å²) in [5, 5.41) is 9.97. The molecule has 0 atom stereocenters. The van der Waals surface area contributed by atoms with Crippen LogP contribution in [-0.4, -0.2) is 26.8 Å². The van der Waals surface area contributed by atoms with Crippen LogP contribution in [0.1, 0.15) is 20.8 Å². The van der Waals surface area contributed by atoms with E-state index in [1.807, 2.05) is 53.9 Å². The first kappa shape index (κ1) is 20.2. The number of hydrogen-bond donors (Lipinski definition) is 2. The van der Waals surface area contributed by atoms with Crippen molar-refractivity contribution in [2.24, 2.45) is 5.10 Å². The number of carbonyl (C=O) groups is 1. The predicted molar refractivity (Wildman–Crippen MR) is 129 cm³/mol. The van der Waals surface area contributed by atoms with E-state index in [2.05, 4.69) is 20.4 Å². The number of nitrogens with zero attached hydrogens (tertiary/aromatic N) is 4. The van der Waals surface area contributed by atoms with E-state index in [9.17, 15) is 4.79 Å². The molecule has 0 aliphatic rings. The van der Waals surface area contributed by atoms with Crippen molar-refractivity contribution >= 4 is 63.1 Å². The molecule has 158 valence electrons. The summed E-state index contributed by atoms with van der Waals surface area (Å²) in [5.74, 6) is -0.167. The first-order chi connectivity index (χ1) is 15.6. The highest BCUT2D eigenvalue weighted by Gasteiger charge is 2.24. The molecule has 3 aromatic heterocycles. The molecular weight excluding hydrogens is 444 g/mol. The van der Waals surface area contributed by atoms with Crippen molar-refractivity contribution in [3.8, 4) is 0 Å². The highest BCUT2D eigenvalue weighted by Crippen LogP contribution is 2.28. The SMILES string of the molecule is Nc1c(C(=O)NCc2cccs2)c2nc3ccccc3nc2n1N=Cc1cccc(Cl)c1. The van der Waals surface area contributed by atoms with Gasteiger partial charge in [-0.1, -0.05) is 41.9 Å². The number of anilines is 1. The summed E-state index contributed by atoms with van der Waals surface area (Å²) in [4.78, 5) is 23.5. The molecule has 0 saturated carbocycles. The molecule has 0 fully saturated rings. The first-order valence-electron chi connectivity index (χ1n) is 9.77. The highest BCUT2D eigenvalue weighted by molar-refractivity contribution is 7.09. The normalized spacial score (nSPS) is 11.5. The summed E-state index contributed by atoms with van der Waals surface area (Å²) in [6.07, 6.45) is 1.62. The van der Waals surface area contributed by atoms with Gasteiger partial charge in [0.05, 0.1) is 23.8 Å². The maximum atomic E-state index is 13.1. The van der Waals surface area contributed by atoms with Crippen LogP contribution in [0.3, 0.4) is 0 Å². The minimum Gasteiger partial charge on any atom is -0.383 e. The van der Waals surface area contributed by atoms with Crippen LogP contribution in [0.15, 0.2) is 71.1 Å². The summed E-state index contributed by atoms with van der Waals surface area (Å²) in [5.41, 5.74) is 9.60. The lowest BCUT2D eigenvalue weighted by Crippen LogP contribution is -2.23. The minimum absolute atomic E-state index is 0.164. The summed E-state index contributed by atoms with van der Waals surface area (Å²) in [6, 6.07) is 18.6. The Morgan fingerprint density at radius 3 is 2.69 bits per heavy atom. The summed E-state index contributed by atoms with van der Waals surface area (Å²) in [7, 11) is 0. The van der Waals surface area contributed by atoms with Crippen molar-refractivity contribution in [2.45, 2.75) is 6.54 Å². The molecule has 3 heterocycles. The molecule has 0 unspecified atom stereocenters. The molecule has 0 saturated heterocycles. The highest BCUT2D eigenvalue weighted by atomic mass is 35.5. The number of nitrogens with one attached hydrogen (secondary N) is 1. The number of hydrogen-bond acceptors (Lipinski definition) is 6. The van der Waals surface area contributed by atoms with Crippen LogP contribution in [0.5, 0.6) is 0 Å². The van der Waals surface area contributed by atoms with E-state index >= 15 is 0 Å². The molecule has 9 heteroatoms. The number of halogens is 1. The average Bonchev–Trinajstić information content (AvgIpc) is 3.40. The number of thiophene rings is 1. The summed E-state index contributed by atoms with van der Waals surface area (Å²) in [6.45, 7) is 0.398. The number of fused-ring (bicyclic) bond motifs is 2.